The highest BCUT2D eigenvalue weighted by molar-refractivity contribution is 6.33. The van der Waals surface area contributed by atoms with Crippen LogP contribution in [0.25, 0.3) is 0 Å². The highest BCUT2D eigenvalue weighted by Crippen LogP contribution is 2.29. The SMILES string of the molecule is N/C(=C\C(=Nc1ccccc1Cl)c1ccc(C(=O)NCc2ccc(C(F)(F)F)cc2)cc1)C(F)(F)F. The molecule has 0 spiro atoms. The van der Waals surface area contributed by atoms with E-state index in [1.807, 2.05) is 0 Å². The van der Waals surface area contributed by atoms with Crippen LogP contribution < -0.4 is 11.1 Å². The summed E-state index contributed by atoms with van der Waals surface area (Å²) < 4.78 is 77.1. The van der Waals surface area contributed by atoms with E-state index in [1.54, 1.807) is 12.1 Å². The monoisotopic (exact) mass is 525 g/mol. The van der Waals surface area contributed by atoms with Crippen LogP contribution in [-0.4, -0.2) is 17.8 Å². The van der Waals surface area contributed by atoms with Crippen molar-refractivity contribution in [3.05, 3.63) is 112 Å². The number of hydrogen-bond acceptors (Lipinski definition) is 3. The Morgan fingerprint density at radius 2 is 1.47 bits per heavy atom. The summed E-state index contributed by atoms with van der Waals surface area (Å²) in [5.41, 5.74) is 3.97. The largest absolute Gasteiger partial charge is 0.430 e. The molecule has 3 aromatic rings. The molecule has 11 heteroatoms. The van der Waals surface area contributed by atoms with Gasteiger partial charge in [0.05, 0.1) is 22.0 Å². The molecule has 36 heavy (non-hydrogen) atoms. The maximum absolute atomic E-state index is 13.0. The Bertz CT molecular complexity index is 1280. The molecule has 0 aliphatic carbocycles. The van der Waals surface area contributed by atoms with Gasteiger partial charge in [0.25, 0.3) is 5.91 Å². The second kappa shape index (κ2) is 10.9. The number of para-hydroxylation sites is 1. The molecule has 0 saturated carbocycles. The van der Waals surface area contributed by atoms with Crippen molar-refractivity contribution in [2.45, 2.75) is 18.9 Å². The van der Waals surface area contributed by atoms with Crippen molar-refractivity contribution in [3.63, 3.8) is 0 Å². The highest BCUT2D eigenvalue weighted by Gasteiger charge is 2.32. The van der Waals surface area contributed by atoms with Crippen LogP contribution in [0.4, 0.5) is 32.0 Å². The zero-order valence-electron chi connectivity index (χ0n) is 18.3. The number of carbonyl (C=O) groups excluding carboxylic acids is 1. The number of amides is 1. The lowest BCUT2D eigenvalue weighted by Gasteiger charge is -2.10. The predicted octanol–water partition coefficient (Wildman–Crippen LogP) is 6.81. The van der Waals surface area contributed by atoms with Gasteiger partial charge in [0.15, 0.2) is 0 Å². The van der Waals surface area contributed by atoms with Crippen molar-refractivity contribution in [1.82, 2.24) is 5.32 Å². The van der Waals surface area contributed by atoms with Crippen LogP contribution in [0.1, 0.15) is 27.0 Å². The Hall–Kier alpha value is -3.79. The number of hydrogen-bond donors (Lipinski definition) is 2. The van der Waals surface area contributed by atoms with Crippen LogP contribution in [0.15, 0.2) is 89.6 Å². The van der Waals surface area contributed by atoms with E-state index in [1.165, 1.54) is 48.5 Å². The Labute approximate surface area is 207 Å². The lowest BCUT2D eigenvalue weighted by Crippen LogP contribution is -2.23. The first-order valence-corrected chi connectivity index (χ1v) is 10.6. The van der Waals surface area contributed by atoms with Crippen LogP contribution in [0.3, 0.4) is 0 Å². The first-order valence-electron chi connectivity index (χ1n) is 10.3. The fourth-order valence-corrected chi connectivity index (χ4v) is 3.15. The van der Waals surface area contributed by atoms with E-state index in [0.29, 0.717) is 11.6 Å². The van der Waals surface area contributed by atoms with Crippen LogP contribution in [0, 0.1) is 0 Å². The van der Waals surface area contributed by atoms with Gasteiger partial charge >= 0.3 is 12.4 Å². The molecule has 0 radical (unpaired) electrons. The van der Waals surface area contributed by atoms with E-state index in [4.69, 9.17) is 17.3 Å². The summed E-state index contributed by atoms with van der Waals surface area (Å²) in [5.74, 6) is -0.531. The maximum Gasteiger partial charge on any atom is 0.430 e. The summed E-state index contributed by atoms with van der Waals surface area (Å²) in [7, 11) is 0. The summed E-state index contributed by atoms with van der Waals surface area (Å²) in [6.07, 6.45) is -8.57. The van der Waals surface area contributed by atoms with Crippen molar-refractivity contribution in [2.24, 2.45) is 10.7 Å². The third kappa shape index (κ3) is 7.11. The fourth-order valence-electron chi connectivity index (χ4n) is 2.97. The molecule has 0 aliphatic rings. The van der Waals surface area contributed by atoms with Crippen LogP contribution in [0.2, 0.25) is 5.02 Å². The molecule has 0 fully saturated rings. The molecule has 0 unspecified atom stereocenters. The van der Waals surface area contributed by atoms with Crippen molar-refractivity contribution < 1.29 is 31.1 Å². The summed E-state index contributed by atoms with van der Waals surface area (Å²) in [6, 6.07) is 16.2. The first kappa shape index (κ1) is 26.8. The lowest BCUT2D eigenvalue weighted by molar-refractivity contribution is -0.137. The fraction of sp³-hybridized carbons (Fsp3) is 0.120. The van der Waals surface area contributed by atoms with E-state index in [-0.39, 0.29) is 34.1 Å². The van der Waals surface area contributed by atoms with E-state index in [9.17, 15) is 31.1 Å². The van der Waals surface area contributed by atoms with Crippen LogP contribution >= 0.6 is 11.6 Å². The zero-order valence-corrected chi connectivity index (χ0v) is 19.0. The zero-order chi connectivity index (χ0) is 26.5. The number of nitrogens with zero attached hydrogens (tertiary/aromatic N) is 1. The van der Waals surface area contributed by atoms with Gasteiger partial charge in [-0.15, -0.1) is 0 Å². The molecule has 188 valence electrons. The third-order valence-corrected chi connectivity index (χ3v) is 5.21. The second-order valence-electron chi connectivity index (χ2n) is 7.50. The number of rotatable bonds is 6. The molecular formula is C25H18ClF6N3O. The molecule has 0 aromatic heterocycles. The number of aliphatic imine (C=N–C) groups is 1. The maximum atomic E-state index is 13.0. The van der Waals surface area contributed by atoms with E-state index in [2.05, 4.69) is 10.3 Å². The molecule has 0 heterocycles. The summed E-state index contributed by atoms with van der Waals surface area (Å²) in [6.45, 7) is -0.0250. The third-order valence-electron chi connectivity index (χ3n) is 4.89. The minimum atomic E-state index is -4.78. The average Bonchev–Trinajstić information content (AvgIpc) is 2.82. The molecule has 1 amide bonds. The lowest BCUT2D eigenvalue weighted by atomic mass is 10.1. The quantitative estimate of drug-likeness (QED) is 0.274. The van der Waals surface area contributed by atoms with E-state index in [0.717, 1.165) is 12.1 Å². The van der Waals surface area contributed by atoms with Gasteiger partial charge in [-0.2, -0.15) is 26.3 Å². The molecule has 0 bridgehead atoms. The smallest absolute Gasteiger partial charge is 0.395 e. The number of halogens is 7. The number of carbonyl (C=O) groups is 1. The van der Waals surface area contributed by atoms with Crippen molar-refractivity contribution >= 4 is 28.9 Å². The minimum Gasteiger partial charge on any atom is -0.395 e. The van der Waals surface area contributed by atoms with Gasteiger partial charge in [0.2, 0.25) is 0 Å². The molecule has 0 aliphatic heterocycles. The minimum absolute atomic E-state index is 0.0250. The average molecular weight is 526 g/mol. The molecule has 4 nitrogen and oxygen atoms in total. The molecular weight excluding hydrogens is 508 g/mol. The standard InChI is InChI=1S/C25H18ClF6N3O/c26-19-3-1-2-4-20(19)35-21(13-22(33)25(30,31)32)16-7-9-17(10-8-16)23(36)34-14-15-5-11-18(12-6-15)24(27,28)29/h1-13H,14,33H2,(H,34,36)/b22-13-,35-21?. The number of benzene rings is 3. The number of alkyl halides is 6. The van der Waals surface area contributed by atoms with Crippen molar-refractivity contribution in [3.8, 4) is 0 Å². The Morgan fingerprint density at radius 3 is 2.03 bits per heavy atom. The normalized spacial score (nSPS) is 13.0. The number of nitrogens with two attached hydrogens (primary N) is 1. The Balaban J connectivity index is 1.80. The van der Waals surface area contributed by atoms with Gasteiger partial charge in [-0.1, -0.05) is 48.0 Å². The van der Waals surface area contributed by atoms with Crippen molar-refractivity contribution in [1.29, 1.82) is 0 Å². The Morgan fingerprint density at radius 1 is 0.889 bits per heavy atom. The molecule has 3 rings (SSSR count). The number of allylic oxidation sites excluding steroid dienone is 2. The summed E-state index contributed by atoms with van der Waals surface area (Å²) >= 11 is 6.08. The highest BCUT2D eigenvalue weighted by atomic mass is 35.5. The van der Waals surface area contributed by atoms with Crippen LogP contribution in [0.5, 0.6) is 0 Å². The van der Waals surface area contributed by atoms with Gasteiger partial charge < -0.3 is 11.1 Å². The number of nitrogens with one attached hydrogen (secondary N) is 1. The van der Waals surface area contributed by atoms with Gasteiger partial charge in [-0.25, -0.2) is 4.99 Å². The molecule has 3 N–H and O–H groups in total. The first-order chi connectivity index (χ1) is 16.8. The van der Waals surface area contributed by atoms with Gasteiger partial charge in [-0.05, 0) is 48.0 Å². The molecule has 0 atom stereocenters. The second-order valence-corrected chi connectivity index (χ2v) is 7.91. The van der Waals surface area contributed by atoms with E-state index >= 15 is 0 Å². The molecule has 0 saturated heterocycles. The topological polar surface area (TPSA) is 67.5 Å². The Kier molecular flexibility index (Phi) is 8.09. The van der Waals surface area contributed by atoms with Gasteiger partial charge in [0.1, 0.15) is 5.70 Å². The van der Waals surface area contributed by atoms with Gasteiger partial charge in [0, 0.05) is 17.7 Å². The molecule has 3 aromatic carbocycles. The van der Waals surface area contributed by atoms with Crippen LogP contribution in [-0.2, 0) is 12.7 Å². The predicted molar refractivity (Wildman–Crippen MR) is 125 cm³/mol. The summed E-state index contributed by atoms with van der Waals surface area (Å²) in [5, 5.41) is 2.79. The summed E-state index contributed by atoms with van der Waals surface area (Å²) in [4.78, 5) is 16.7. The van der Waals surface area contributed by atoms with Crippen molar-refractivity contribution in [2.75, 3.05) is 0 Å². The van der Waals surface area contributed by atoms with Gasteiger partial charge in [-0.3, -0.25) is 4.79 Å². The van der Waals surface area contributed by atoms with E-state index < -0.39 is 29.5 Å².